The summed E-state index contributed by atoms with van der Waals surface area (Å²) in [6.07, 6.45) is 3.54. The summed E-state index contributed by atoms with van der Waals surface area (Å²) in [5, 5.41) is 11.2. The topological polar surface area (TPSA) is 122 Å². The molecule has 0 saturated heterocycles. The SMILES string of the molecule is Cc1cc(OCC(=O)O)ccc1NC(=O)CS(=O)(=O)NC1CCC(C)CC1. The van der Waals surface area contributed by atoms with Crippen molar-refractivity contribution in [3.05, 3.63) is 23.8 Å². The van der Waals surface area contributed by atoms with E-state index >= 15 is 0 Å². The van der Waals surface area contributed by atoms with E-state index in [4.69, 9.17) is 9.84 Å². The number of amides is 1. The smallest absolute Gasteiger partial charge is 0.341 e. The minimum atomic E-state index is -3.71. The number of ether oxygens (including phenoxy) is 1. The first-order chi connectivity index (χ1) is 12.6. The summed E-state index contributed by atoms with van der Waals surface area (Å²) in [5.41, 5.74) is 1.09. The van der Waals surface area contributed by atoms with Gasteiger partial charge in [0.15, 0.2) is 6.61 Å². The largest absolute Gasteiger partial charge is 0.482 e. The lowest BCUT2D eigenvalue weighted by Gasteiger charge is -2.26. The molecule has 0 aliphatic heterocycles. The van der Waals surface area contributed by atoms with Gasteiger partial charge in [-0.3, -0.25) is 4.79 Å². The Morgan fingerprint density at radius 2 is 1.89 bits per heavy atom. The van der Waals surface area contributed by atoms with Gasteiger partial charge in [0.1, 0.15) is 11.5 Å². The van der Waals surface area contributed by atoms with Crippen LogP contribution in [0.15, 0.2) is 18.2 Å². The number of sulfonamides is 1. The van der Waals surface area contributed by atoms with Gasteiger partial charge in [0.05, 0.1) is 0 Å². The van der Waals surface area contributed by atoms with Gasteiger partial charge in [-0.05, 0) is 62.3 Å². The molecule has 0 atom stereocenters. The van der Waals surface area contributed by atoms with Crippen LogP contribution in [0.4, 0.5) is 5.69 Å². The van der Waals surface area contributed by atoms with Crippen LogP contribution < -0.4 is 14.8 Å². The summed E-state index contributed by atoms with van der Waals surface area (Å²) in [7, 11) is -3.71. The van der Waals surface area contributed by atoms with Crippen LogP contribution in [-0.4, -0.2) is 43.8 Å². The summed E-state index contributed by atoms with van der Waals surface area (Å²) < 4.78 is 32.1. The second kappa shape index (κ2) is 9.18. The molecule has 1 aliphatic rings. The zero-order chi connectivity index (χ0) is 20.0. The van der Waals surface area contributed by atoms with Crippen LogP contribution in [0.5, 0.6) is 5.75 Å². The fourth-order valence-corrected chi connectivity index (χ4v) is 4.29. The lowest BCUT2D eigenvalue weighted by molar-refractivity contribution is -0.139. The highest BCUT2D eigenvalue weighted by Gasteiger charge is 2.25. The molecule has 8 nitrogen and oxygen atoms in total. The summed E-state index contributed by atoms with van der Waals surface area (Å²) in [5.74, 6) is -1.40. The van der Waals surface area contributed by atoms with E-state index in [1.165, 1.54) is 6.07 Å². The maximum Gasteiger partial charge on any atom is 0.341 e. The molecule has 1 aromatic rings. The summed E-state index contributed by atoms with van der Waals surface area (Å²) in [4.78, 5) is 22.7. The van der Waals surface area contributed by atoms with E-state index in [1.807, 2.05) is 0 Å². The number of aliphatic carboxylic acids is 1. The molecule has 1 saturated carbocycles. The zero-order valence-electron chi connectivity index (χ0n) is 15.5. The summed E-state index contributed by atoms with van der Waals surface area (Å²) in [6.45, 7) is 3.40. The second-order valence-corrected chi connectivity index (χ2v) is 8.79. The first-order valence-corrected chi connectivity index (χ1v) is 10.5. The number of carboxylic acid groups (broad SMARTS) is 1. The van der Waals surface area contributed by atoms with Crippen molar-refractivity contribution in [3.63, 3.8) is 0 Å². The summed E-state index contributed by atoms with van der Waals surface area (Å²) in [6, 6.07) is 4.54. The minimum absolute atomic E-state index is 0.105. The quantitative estimate of drug-likeness (QED) is 0.615. The molecule has 9 heteroatoms. The van der Waals surface area contributed by atoms with Crippen molar-refractivity contribution in [1.82, 2.24) is 4.72 Å². The van der Waals surface area contributed by atoms with Gasteiger partial charge in [0.25, 0.3) is 0 Å². The van der Waals surface area contributed by atoms with Gasteiger partial charge < -0.3 is 15.2 Å². The van der Waals surface area contributed by atoms with Crippen molar-refractivity contribution < 1.29 is 27.9 Å². The van der Waals surface area contributed by atoms with Crippen LogP contribution in [0.25, 0.3) is 0 Å². The van der Waals surface area contributed by atoms with Crippen molar-refractivity contribution >= 4 is 27.6 Å². The normalized spacial score (nSPS) is 20.1. The highest BCUT2D eigenvalue weighted by molar-refractivity contribution is 7.90. The lowest BCUT2D eigenvalue weighted by Crippen LogP contribution is -2.41. The van der Waals surface area contributed by atoms with E-state index < -0.39 is 34.3 Å². The molecule has 1 fully saturated rings. The lowest BCUT2D eigenvalue weighted by atomic mass is 9.88. The van der Waals surface area contributed by atoms with Gasteiger partial charge in [-0.2, -0.15) is 0 Å². The molecule has 0 radical (unpaired) electrons. The van der Waals surface area contributed by atoms with Crippen molar-refractivity contribution in [2.75, 3.05) is 17.7 Å². The van der Waals surface area contributed by atoms with Crippen molar-refractivity contribution in [2.45, 2.75) is 45.6 Å². The molecule has 0 aromatic heterocycles. The van der Waals surface area contributed by atoms with Gasteiger partial charge in [-0.15, -0.1) is 0 Å². The Morgan fingerprint density at radius 3 is 2.48 bits per heavy atom. The Labute approximate surface area is 159 Å². The third kappa shape index (κ3) is 7.18. The maximum absolute atomic E-state index is 12.2. The Bertz CT molecular complexity index is 785. The Balaban J connectivity index is 1.89. The van der Waals surface area contributed by atoms with E-state index in [0.717, 1.165) is 25.7 Å². The number of carboxylic acids is 1. The van der Waals surface area contributed by atoms with E-state index in [0.29, 0.717) is 22.9 Å². The number of carbonyl (C=O) groups excluding carboxylic acids is 1. The van der Waals surface area contributed by atoms with Gasteiger partial charge in [0, 0.05) is 11.7 Å². The third-order valence-corrected chi connectivity index (χ3v) is 5.85. The highest BCUT2D eigenvalue weighted by Crippen LogP contribution is 2.24. The molecule has 0 heterocycles. The number of aryl methyl sites for hydroxylation is 1. The molecule has 1 aromatic carbocycles. The van der Waals surface area contributed by atoms with Gasteiger partial charge in [-0.1, -0.05) is 6.92 Å². The van der Waals surface area contributed by atoms with E-state index in [9.17, 15) is 18.0 Å². The Kier molecular flexibility index (Phi) is 7.20. The molecular formula is C18H26N2O6S. The highest BCUT2D eigenvalue weighted by atomic mass is 32.2. The van der Waals surface area contributed by atoms with Crippen LogP contribution in [0.1, 0.15) is 38.2 Å². The van der Waals surface area contributed by atoms with Gasteiger partial charge >= 0.3 is 5.97 Å². The zero-order valence-corrected chi connectivity index (χ0v) is 16.3. The van der Waals surface area contributed by atoms with Crippen LogP contribution in [0.3, 0.4) is 0 Å². The molecule has 27 heavy (non-hydrogen) atoms. The average molecular weight is 398 g/mol. The number of nitrogens with one attached hydrogen (secondary N) is 2. The average Bonchev–Trinajstić information content (AvgIpc) is 2.56. The van der Waals surface area contributed by atoms with E-state index in [1.54, 1.807) is 19.1 Å². The van der Waals surface area contributed by atoms with Gasteiger partial charge in [0.2, 0.25) is 15.9 Å². The second-order valence-electron chi connectivity index (χ2n) is 7.04. The van der Waals surface area contributed by atoms with Crippen molar-refractivity contribution in [1.29, 1.82) is 0 Å². The number of benzene rings is 1. The number of carbonyl (C=O) groups is 2. The Hall–Kier alpha value is -2.13. The monoisotopic (exact) mass is 398 g/mol. The van der Waals surface area contributed by atoms with Crippen LogP contribution in [0, 0.1) is 12.8 Å². The molecular weight excluding hydrogens is 372 g/mol. The minimum Gasteiger partial charge on any atom is -0.482 e. The van der Waals surface area contributed by atoms with E-state index in [2.05, 4.69) is 17.0 Å². The number of anilines is 1. The molecule has 0 bridgehead atoms. The molecule has 1 aliphatic carbocycles. The fraction of sp³-hybridized carbons (Fsp3) is 0.556. The number of hydrogen-bond acceptors (Lipinski definition) is 5. The molecule has 1 amide bonds. The molecule has 0 unspecified atom stereocenters. The third-order valence-electron chi connectivity index (χ3n) is 4.52. The van der Waals surface area contributed by atoms with E-state index in [-0.39, 0.29) is 6.04 Å². The number of hydrogen-bond donors (Lipinski definition) is 3. The van der Waals surface area contributed by atoms with Crippen molar-refractivity contribution in [2.24, 2.45) is 5.92 Å². The number of rotatable bonds is 8. The van der Waals surface area contributed by atoms with Crippen LogP contribution >= 0.6 is 0 Å². The van der Waals surface area contributed by atoms with Crippen LogP contribution in [-0.2, 0) is 19.6 Å². The predicted molar refractivity (Wildman–Crippen MR) is 101 cm³/mol. The van der Waals surface area contributed by atoms with Gasteiger partial charge in [-0.25, -0.2) is 17.9 Å². The molecule has 3 N–H and O–H groups in total. The Morgan fingerprint density at radius 1 is 1.22 bits per heavy atom. The molecule has 0 spiro atoms. The van der Waals surface area contributed by atoms with Crippen molar-refractivity contribution in [3.8, 4) is 5.75 Å². The fourth-order valence-electron chi connectivity index (χ4n) is 3.04. The first-order valence-electron chi connectivity index (χ1n) is 8.89. The van der Waals surface area contributed by atoms with Crippen LogP contribution in [0.2, 0.25) is 0 Å². The molecule has 150 valence electrons. The summed E-state index contributed by atoms with van der Waals surface area (Å²) >= 11 is 0. The maximum atomic E-state index is 12.2. The predicted octanol–water partition coefficient (Wildman–Crippen LogP) is 1.90. The first kappa shape index (κ1) is 21.2. The molecule has 2 rings (SSSR count). The standard InChI is InChI=1S/C18H26N2O6S/c1-12-3-5-14(6-4-12)20-27(24,25)11-17(21)19-16-8-7-15(9-13(16)2)26-10-18(22)23/h7-9,12,14,20H,3-6,10-11H2,1-2H3,(H,19,21)(H,22,23).